The quantitative estimate of drug-likeness (QED) is 0.842. The van der Waals surface area contributed by atoms with Crippen LogP contribution < -0.4 is 5.32 Å². The van der Waals surface area contributed by atoms with E-state index in [4.69, 9.17) is 4.52 Å². The second-order valence-corrected chi connectivity index (χ2v) is 4.06. The highest BCUT2D eigenvalue weighted by atomic mass is 16.5. The monoisotopic (exact) mass is 242 g/mol. The first-order chi connectivity index (χ1) is 8.63. The molecule has 2 aromatic rings. The zero-order valence-electron chi connectivity index (χ0n) is 10.3. The van der Waals surface area contributed by atoms with E-state index in [0.717, 1.165) is 5.56 Å². The molecular formula is C14H14N2O2. The number of rotatable bonds is 3. The third-order valence-electron chi connectivity index (χ3n) is 2.38. The Kier molecular flexibility index (Phi) is 3.57. The van der Waals surface area contributed by atoms with E-state index in [1.54, 1.807) is 19.1 Å². The molecule has 1 aromatic carbocycles. The van der Waals surface area contributed by atoms with Crippen LogP contribution in [0.15, 0.2) is 40.9 Å². The van der Waals surface area contributed by atoms with Crippen LogP contribution in [-0.2, 0) is 4.79 Å². The maximum Gasteiger partial charge on any atom is 0.249 e. The van der Waals surface area contributed by atoms with E-state index in [9.17, 15) is 4.79 Å². The minimum atomic E-state index is -0.233. The van der Waals surface area contributed by atoms with Crippen LogP contribution in [0.5, 0.6) is 0 Å². The van der Waals surface area contributed by atoms with Gasteiger partial charge in [0.1, 0.15) is 5.76 Å². The first-order valence-corrected chi connectivity index (χ1v) is 5.62. The highest BCUT2D eigenvalue weighted by Crippen LogP contribution is 2.08. The van der Waals surface area contributed by atoms with Gasteiger partial charge in [-0.3, -0.25) is 4.79 Å². The maximum absolute atomic E-state index is 11.6. The summed E-state index contributed by atoms with van der Waals surface area (Å²) in [7, 11) is 0. The van der Waals surface area contributed by atoms with Gasteiger partial charge in [-0.15, -0.1) is 0 Å². The van der Waals surface area contributed by atoms with Gasteiger partial charge in [0.25, 0.3) is 0 Å². The molecule has 92 valence electrons. The molecule has 0 aliphatic carbocycles. The minimum Gasteiger partial charge on any atom is -0.360 e. The second-order valence-electron chi connectivity index (χ2n) is 4.06. The van der Waals surface area contributed by atoms with Gasteiger partial charge in [-0.1, -0.05) is 35.0 Å². The number of hydrogen-bond donors (Lipinski definition) is 1. The first kappa shape index (κ1) is 12.1. The van der Waals surface area contributed by atoms with E-state index in [1.807, 2.05) is 31.2 Å². The Balaban J connectivity index is 1.96. The number of carbonyl (C=O) groups excluding carboxylic acids is 1. The lowest BCUT2D eigenvalue weighted by Gasteiger charge is -1.96. The summed E-state index contributed by atoms with van der Waals surface area (Å²) >= 11 is 0. The van der Waals surface area contributed by atoms with E-state index >= 15 is 0 Å². The van der Waals surface area contributed by atoms with Gasteiger partial charge in [0, 0.05) is 12.1 Å². The third-order valence-corrected chi connectivity index (χ3v) is 2.38. The van der Waals surface area contributed by atoms with Crippen LogP contribution >= 0.6 is 0 Å². The van der Waals surface area contributed by atoms with E-state index in [2.05, 4.69) is 10.5 Å². The number of aromatic nitrogens is 1. The van der Waals surface area contributed by atoms with Gasteiger partial charge in [-0.2, -0.15) is 0 Å². The van der Waals surface area contributed by atoms with Gasteiger partial charge >= 0.3 is 0 Å². The van der Waals surface area contributed by atoms with Gasteiger partial charge in [0.15, 0.2) is 5.82 Å². The molecule has 4 nitrogen and oxygen atoms in total. The maximum atomic E-state index is 11.6. The standard InChI is InChI=1S/C14H14N2O2/c1-10-3-5-12(6-4-10)7-8-14(17)15-13-9-11(2)18-16-13/h3-9H,1-2H3,(H,15,16,17)/b8-7+. The van der Waals surface area contributed by atoms with Crippen LogP contribution in [-0.4, -0.2) is 11.1 Å². The van der Waals surface area contributed by atoms with E-state index in [0.29, 0.717) is 11.6 Å². The Bertz CT molecular complexity index is 568. The molecule has 0 spiro atoms. The average molecular weight is 242 g/mol. The van der Waals surface area contributed by atoms with Crippen molar-refractivity contribution in [3.05, 3.63) is 53.3 Å². The Morgan fingerprint density at radius 2 is 2.00 bits per heavy atom. The fourth-order valence-electron chi connectivity index (χ4n) is 1.44. The lowest BCUT2D eigenvalue weighted by atomic mass is 10.1. The highest BCUT2D eigenvalue weighted by molar-refractivity contribution is 6.01. The molecular weight excluding hydrogens is 228 g/mol. The van der Waals surface area contributed by atoms with Crippen LogP contribution in [0, 0.1) is 13.8 Å². The predicted molar refractivity (Wildman–Crippen MR) is 70.1 cm³/mol. The molecule has 1 aromatic heterocycles. The average Bonchev–Trinajstić information content (AvgIpc) is 2.74. The summed E-state index contributed by atoms with van der Waals surface area (Å²) in [5.74, 6) is 0.850. The SMILES string of the molecule is Cc1ccc(/C=C/C(=O)Nc2cc(C)on2)cc1. The molecule has 0 aliphatic heterocycles. The Morgan fingerprint density at radius 1 is 1.28 bits per heavy atom. The normalized spacial score (nSPS) is 10.8. The first-order valence-electron chi connectivity index (χ1n) is 5.62. The molecule has 0 radical (unpaired) electrons. The predicted octanol–water partition coefficient (Wildman–Crippen LogP) is 2.94. The van der Waals surface area contributed by atoms with Crippen molar-refractivity contribution in [3.8, 4) is 0 Å². The summed E-state index contributed by atoms with van der Waals surface area (Å²) in [6, 6.07) is 9.58. The van der Waals surface area contributed by atoms with Crippen molar-refractivity contribution in [2.75, 3.05) is 5.32 Å². The van der Waals surface area contributed by atoms with E-state index < -0.39 is 0 Å². The smallest absolute Gasteiger partial charge is 0.249 e. The highest BCUT2D eigenvalue weighted by Gasteiger charge is 2.02. The second kappa shape index (κ2) is 5.31. The molecule has 1 N–H and O–H groups in total. The van der Waals surface area contributed by atoms with Crippen molar-refractivity contribution in [2.24, 2.45) is 0 Å². The zero-order chi connectivity index (χ0) is 13.0. The molecule has 0 unspecified atom stereocenters. The van der Waals surface area contributed by atoms with Crippen molar-refractivity contribution in [2.45, 2.75) is 13.8 Å². The third kappa shape index (κ3) is 3.31. The fraction of sp³-hybridized carbons (Fsp3) is 0.143. The fourth-order valence-corrected chi connectivity index (χ4v) is 1.44. The minimum absolute atomic E-state index is 0.233. The molecule has 1 heterocycles. The molecule has 0 atom stereocenters. The van der Waals surface area contributed by atoms with Crippen molar-refractivity contribution in [1.29, 1.82) is 0 Å². The number of benzene rings is 1. The molecule has 0 fully saturated rings. The Morgan fingerprint density at radius 3 is 2.61 bits per heavy atom. The lowest BCUT2D eigenvalue weighted by Crippen LogP contribution is -2.07. The Labute approximate surface area is 105 Å². The van der Waals surface area contributed by atoms with Gasteiger partial charge in [0.05, 0.1) is 0 Å². The summed E-state index contributed by atoms with van der Waals surface area (Å²) in [4.78, 5) is 11.6. The molecule has 0 bridgehead atoms. The van der Waals surface area contributed by atoms with Crippen LogP contribution in [0.4, 0.5) is 5.82 Å². The van der Waals surface area contributed by atoms with Crippen LogP contribution in [0.3, 0.4) is 0 Å². The molecule has 0 aliphatic rings. The van der Waals surface area contributed by atoms with Crippen molar-refractivity contribution >= 4 is 17.8 Å². The van der Waals surface area contributed by atoms with Gasteiger partial charge in [-0.25, -0.2) is 0 Å². The summed E-state index contributed by atoms with van der Waals surface area (Å²) in [5, 5.41) is 6.30. The Hall–Kier alpha value is -2.36. The van der Waals surface area contributed by atoms with Gasteiger partial charge < -0.3 is 9.84 Å². The number of nitrogens with zero attached hydrogens (tertiary/aromatic N) is 1. The topological polar surface area (TPSA) is 55.1 Å². The molecule has 18 heavy (non-hydrogen) atoms. The molecule has 4 heteroatoms. The summed E-state index contributed by atoms with van der Waals surface area (Å²) in [5.41, 5.74) is 2.17. The van der Waals surface area contributed by atoms with Gasteiger partial charge in [0.2, 0.25) is 5.91 Å². The molecule has 1 amide bonds. The summed E-state index contributed by atoms with van der Waals surface area (Å²) in [6.45, 7) is 3.79. The molecule has 0 saturated heterocycles. The number of carbonyl (C=O) groups is 1. The summed E-state index contributed by atoms with van der Waals surface area (Å²) < 4.78 is 4.85. The van der Waals surface area contributed by atoms with E-state index in [1.165, 1.54) is 11.6 Å². The molecule has 2 rings (SSSR count). The number of anilines is 1. The zero-order valence-corrected chi connectivity index (χ0v) is 10.3. The van der Waals surface area contributed by atoms with Crippen molar-refractivity contribution < 1.29 is 9.32 Å². The van der Waals surface area contributed by atoms with Gasteiger partial charge in [-0.05, 0) is 25.5 Å². The van der Waals surface area contributed by atoms with E-state index in [-0.39, 0.29) is 5.91 Å². The number of nitrogens with one attached hydrogen (secondary N) is 1. The lowest BCUT2D eigenvalue weighted by molar-refractivity contribution is -0.111. The summed E-state index contributed by atoms with van der Waals surface area (Å²) in [6.07, 6.45) is 3.22. The van der Waals surface area contributed by atoms with Crippen LogP contribution in [0.2, 0.25) is 0 Å². The number of hydrogen-bond acceptors (Lipinski definition) is 3. The number of aryl methyl sites for hydroxylation is 2. The van der Waals surface area contributed by atoms with Crippen LogP contribution in [0.25, 0.3) is 6.08 Å². The number of amides is 1. The van der Waals surface area contributed by atoms with Crippen LogP contribution in [0.1, 0.15) is 16.9 Å². The van der Waals surface area contributed by atoms with Crippen molar-refractivity contribution in [3.63, 3.8) is 0 Å². The molecule has 0 saturated carbocycles. The van der Waals surface area contributed by atoms with Crippen molar-refractivity contribution in [1.82, 2.24) is 5.16 Å². The largest absolute Gasteiger partial charge is 0.360 e.